The number of rotatable bonds is 4. The van der Waals surface area contributed by atoms with Gasteiger partial charge in [0.05, 0.1) is 13.1 Å². The minimum atomic E-state index is -0.992. The molecule has 3 rings (SSSR count). The summed E-state index contributed by atoms with van der Waals surface area (Å²) in [6.45, 7) is 2.90. The molecule has 0 bridgehead atoms. The lowest BCUT2D eigenvalue weighted by molar-refractivity contribution is 0.0695. The smallest absolute Gasteiger partial charge is 0.339 e. The number of carbonyl (C=O) groups is 1. The van der Waals surface area contributed by atoms with Crippen LogP contribution < -0.4 is 9.64 Å². The lowest BCUT2D eigenvalue weighted by atomic mass is 10.1. The van der Waals surface area contributed by atoms with Crippen LogP contribution in [0.5, 0.6) is 5.75 Å². The third kappa shape index (κ3) is 2.86. The number of aryl methyl sites for hydroxylation is 1. The van der Waals surface area contributed by atoms with Crippen LogP contribution in [0.2, 0.25) is 0 Å². The highest BCUT2D eigenvalue weighted by Crippen LogP contribution is 2.26. The van der Waals surface area contributed by atoms with E-state index in [9.17, 15) is 14.3 Å². The Morgan fingerprint density at radius 2 is 2.05 bits per heavy atom. The Bertz CT molecular complexity index is 697. The summed E-state index contributed by atoms with van der Waals surface area (Å²) in [6.07, 6.45) is 1.59. The Morgan fingerprint density at radius 3 is 2.68 bits per heavy atom. The van der Waals surface area contributed by atoms with Crippen molar-refractivity contribution in [1.29, 1.82) is 0 Å². The second-order valence-electron chi connectivity index (χ2n) is 5.29. The zero-order valence-corrected chi connectivity index (χ0v) is 12.0. The van der Waals surface area contributed by atoms with Crippen LogP contribution in [-0.2, 0) is 0 Å². The van der Waals surface area contributed by atoms with Crippen LogP contribution in [0.3, 0.4) is 0 Å². The van der Waals surface area contributed by atoms with Crippen molar-refractivity contribution in [3.63, 3.8) is 0 Å². The number of ether oxygens (including phenoxy) is 1. The van der Waals surface area contributed by atoms with Gasteiger partial charge in [-0.3, -0.25) is 0 Å². The van der Waals surface area contributed by atoms with Crippen molar-refractivity contribution >= 4 is 11.8 Å². The number of aromatic carboxylic acids is 1. The van der Waals surface area contributed by atoms with E-state index in [1.54, 1.807) is 31.3 Å². The van der Waals surface area contributed by atoms with E-state index in [-0.39, 0.29) is 17.5 Å². The highest BCUT2D eigenvalue weighted by Gasteiger charge is 2.32. The van der Waals surface area contributed by atoms with Crippen LogP contribution in [0, 0.1) is 12.7 Å². The van der Waals surface area contributed by atoms with E-state index in [1.165, 1.54) is 12.1 Å². The maximum absolute atomic E-state index is 12.8. The molecule has 0 amide bonds. The minimum absolute atomic E-state index is 0.0600. The van der Waals surface area contributed by atoms with E-state index in [4.69, 9.17) is 4.74 Å². The lowest BCUT2D eigenvalue weighted by Crippen LogP contribution is -2.54. The fourth-order valence-corrected chi connectivity index (χ4v) is 2.36. The zero-order chi connectivity index (χ0) is 15.7. The van der Waals surface area contributed by atoms with Gasteiger partial charge in [0.1, 0.15) is 29.1 Å². The molecule has 2 aromatic rings. The monoisotopic (exact) mass is 302 g/mol. The largest absolute Gasteiger partial charge is 0.487 e. The Kier molecular flexibility index (Phi) is 3.66. The van der Waals surface area contributed by atoms with Gasteiger partial charge >= 0.3 is 5.97 Å². The predicted octanol–water partition coefficient (Wildman–Crippen LogP) is 2.49. The molecule has 0 atom stereocenters. The van der Waals surface area contributed by atoms with Crippen molar-refractivity contribution < 1.29 is 19.0 Å². The Balaban J connectivity index is 1.66. The molecule has 1 aromatic carbocycles. The molecule has 0 spiro atoms. The molecule has 5 nitrogen and oxygen atoms in total. The highest BCUT2D eigenvalue weighted by atomic mass is 19.1. The molecular formula is C16H15FN2O3. The van der Waals surface area contributed by atoms with Crippen LogP contribution in [0.1, 0.15) is 15.9 Å². The number of hydrogen-bond acceptors (Lipinski definition) is 4. The van der Waals surface area contributed by atoms with Gasteiger partial charge in [-0.15, -0.1) is 0 Å². The van der Waals surface area contributed by atoms with Crippen LogP contribution in [-0.4, -0.2) is 35.3 Å². The van der Waals surface area contributed by atoms with Gasteiger partial charge in [-0.05, 0) is 42.8 Å². The van der Waals surface area contributed by atoms with Gasteiger partial charge in [0, 0.05) is 6.20 Å². The molecule has 1 fully saturated rings. The van der Waals surface area contributed by atoms with Gasteiger partial charge in [-0.1, -0.05) is 0 Å². The SMILES string of the molecule is Cc1cnc(N2CC(Oc3ccc(F)cc3)C2)c(C(=O)O)c1. The second-order valence-corrected chi connectivity index (χ2v) is 5.29. The number of benzene rings is 1. The molecule has 0 aliphatic carbocycles. The molecule has 1 N–H and O–H groups in total. The van der Waals surface area contributed by atoms with E-state index in [0.29, 0.717) is 24.7 Å². The highest BCUT2D eigenvalue weighted by molar-refractivity contribution is 5.93. The third-order valence-corrected chi connectivity index (χ3v) is 3.50. The molecule has 1 saturated heterocycles. The summed E-state index contributed by atoms with van der Waals surface area (Å²) in [5, 5.41) is 9.25. The average Bonchev–Trinajstić information content (AvgIpc) is 2.45. The first-order chi connectivity index (χ1) is 10.5. The van der Waals surface area contributed by atoms with Crippen LogP contribution >= 0.6 is 0 Å². The van der Waals surface area contributed by atoms with Gasteiger partial charge in [-0.2, -0.15) is 0 Å². The standard InChI is InChI=1S/C16H15FN2O3/c1-10-6-14(16(20)21)15(18-7-10)19-8-13(9-19)22-12-4-2-11(17)3-5-12/h2-7,13H,8-9H2,1H3,(H,20,21). The van der Waals surface area contributed by atoms with Crippen molar-refractivity contribution in [2.45, 2.75) is 13.0 Å². The third-order valence-electron chi connectivity index (χ3n) is 3.50. The quantitative estimate of drug-likeness (QED) is 0.940. The summed E-state index contributed by atoms with van der Waals surface area (Å²) in [7, 11) is 0. The number of hydrogen-bond donors (Lipinski definition) is 1. The number of nitrogens with zero attached hydrogens (tertiary/aromatic N) is 2. The summed E-state index contributed by atoms with van der Waals surface area (Å²) in [5.41, 5.74) is 1.00. The van der Waals surface area contributed by atoms with Crippen molar-refractivity contribution in [2.24, 2.45) is 0 Å². The molecule has 6 heteroatoms. The molecule has 0 unspecified atom stereocenters. The molecular weight excluding hydrogens is 287 g/mol. The maximum atomic E-state index is 12.8. The predicted molar refractivity (Wildman–Crippen MR) is 79.0 cm³/mol. The normalized spacial score (nSPS) is 14.5. The number of anilines is 1. The first-order valence-electron chi connectivity index (χ1n) is 6.90. The van der Waals surface area contributed by atoms with E-state index in [1.807, 2.05) is 4.90 Å². The summed E-state index contributed by atoms with van der Waals surface area (Å²) >= 11 is 0. The van der Waals surface area contributed by atoms with Gasteiger partial charge < -0.3 is 14.7 Å². The molecule has 114 valence electrons. The zero-order valence-electron chi connectivity index (χ0n) is 12.0. The van der Waals surface area contributed by atoms with Crippen LogP contribution in [0.4, 0.5) is 10.2 Å². The van der Waals surface area contributed by atoms with E-state index < -0.39 is 5.97 Å². The van der Waals surface area contributed by atoms with Crippen LogP contribution in [0.15, 0.2) is 36.5 Å². The Labute approximate surface area is 127 Å². The van der Waals surface area contributed by atoms with E-state index in [2.05, 4.69) is 4.98 Å². The molecule has 2 heterocycles. The number of halogens is 1. The summed E-state index contributed by atoms with van der Waals surface area (Å²) in [5.74, 6) is -0.245. The van der Waals surface area contributed by atoms with Gasteiger partial charge in [0.15, 0.2) is 0 Å². The summed E-state index contributed by atoms with van der Waals surface area (Å²) < 4.78 is 18.5. The summed E-state index contributed by atoms with van der Waals surface area (Å²) in [4.78, 5) is 17.4. The molecule has 1 aliphatic heterocycles. The van der Waals surface area contributed by atoms with Crippen molar-refractivity contribution in [2.75, 3.05) is 18.0 Å². The average molecular weight is 302 g/mol. The number of carboxylic acids is 1. The second kappa shape index (κ2) is 5.63. The number of aromatic nitrogens is 1. The lowest BCUT2D eigenvalue weighted by Gasteiger charge is -2.40. The first kappa shape index (κ1) is 14.3. The topological polar surface area (TPSA) is 62.7 Å². The first-order valence-corrected chi connectivity index (χ1v) is 6.90. The van der Waals surface area contributed by atoms with Crippen molar-refractivity contribution in [3.8, 4) is 5.75 Å². The van der Waals surface area contributed by atoms with E-state index >= 15 is 0 Å². The number of pyridine rings is 1. The number of carboxylic acid groups (broad SMARTS) is 1. The fourth-order valence-electron chi connectivity index (χ4n) is 2.36. The molecule has 22 heavy (non-hydrogen) atoms. The van der Waals surface area contributed by atoms with Gasteiger partial charge in [0.2, 0.25) is 0 Å². The molecule has 1 aliphatic rings. The van der Waals surface area contributed by atoms with Gasteiger partial charge in [0.25, 0.3) is 0 Å². The van der Waals surface area contributed by atoms with Crippen molar-refractivity contribution in [3.05, 3.63) is 53.5 Å². The van der Waals surface area contributed by atoms with Crippen LogP contribution in [0.25, 0.3) is 0 Å². The maximum Gasteiger partial charge on any atom is 0.339 e. The van der Waals surface area contributed by atoms with Gasteiger partial charge in [-0.25, -0.2) is 14.2 Å². The summed E-state index contributed by atoms with van der Waals surface area (Å²) in [6, 6.07) is 7.44. The molecule has 0 radical (unpaired) electrons. The van der Waals surface area contributed by atoms with E-state index in [0.717, 1.165) is 5.56 Å². The Hall–Kier alpha value is -2.63. The molecule has 0 saturated carbocycles. The fraction of sp³-hybridized carbons (Fsp3) is 0.250. The molecule has 1 aromatic heterocycles. The van der Waals surface area contributed by atoms with Crippen molar-refractivity contribution in [1.82, 2.24) is 4.98 Å². The Morgan fingerprint density at radius 1 is 1.36 bits per heavy atom. The minimum Gasteiger partial charge on any atom is -0.487 e.